The minimum Gasteiger partial charge on any atom is -0.494 e. The van der Waals surface area contributed by atoms with Gasteiger partial charge in [0.1, 0.15) is 12.2 Å². The molecule has 140 valence electrons. The summed E-state index contributed by atoms with van der Waals surface area (Å²) in [6, 6.07) is 9.36. The number of carbonyl (C=O) groups excluding carboxylic acids is 1. The third-order valence-corrected chi connectivity index (χ3v) is 4.47. The van der Waals surface area contributed by atoms with Gasteiger partial charge in [-0.25, -0.2) is 9.18 Å². The fraction of sp³-hybridized carbons (Fsp3) is 0.238. The highest BCUT2D eigenvalue weighted by Crippen LogP contribution is 2.24. The Morgan fingerprint density at radius 3 is 2.63 bits per heavy atom. The second kappa shape index (κ2) is 7.61. The van der Waals surface area contributed by atoms with Gasteiger partial charge >= 0.3 is 11.6 Å². The summed E-state index contributed by atoms with van der Waals surface area (Å²) in [5.41, 5.74) is 2.90. The van der Waals surface area contributed by atoms with Crippen molar-refractivity contribution in [3.05, 3.63) is 74.9 Å². The SMILES string of the molecule is COc1ccc(CC(=O)OCc2cc(=O)oc3c(C)c(C)ccc23)cc1F. The summed E-state index contributed by atoms with van der Waals surface area (Å²) in [5.74, 6) is -0.953. The average molecular weight is 370 g/mol. The Morgan fingerprint density at radius 1 is 1.15 bits per heavy atom. The molecule has 6 heteroatoms. The summed E-state index contributed by atoms with van der Waals surface area (Å²) in [6.07, 6.45) is -0.0849. The molecule has 1 heterocycles. The van der Waals surface area contributed by atoms with Crippen LogP contribution in [0.4, 0.5) is 4.39 Å². The Bertz CT molecular complexity index is 1070. The predicted molar refractivity (Wildman–Crippen MR) is 98.4 cm³/mol. The van der Waals surface area contributed by atoms with E-state index in [1.807, 2.05) is 26.0 Å². The number of aryl methyl sites for hydroxylation is 2. The summed E-state index contributed by atoms with van der Waals surface area (Å²) < 4.78 is 29.2. The Labute approximate surface area is 155 Å². The van der Waals surface area contributed by atoms with E-state index in [1.54, 1.807) is 6.07 Å². The van der Waals surface area contributed by atoms with Crippen molar-refractivity contribution in [2.45, 2.75) is 26.9 Å². The molecular weight excluding hydrogens is 351 g/mol. The first kappa shape index (κ1) is 18.6. The fourth-order valence-corrected chi connectivity index (χ4v) is 2.84. The van der Waals surface area contributed by atoms with E-state index in [0.29, 0.717) is 16.7 Å². The highest BCUT2D eigenvalue weighted by molar-refractivity contribution is 5.84. The van der Waals surface area contributed by atoms with Crippen LogP contribution in [-0.2, 0) is 22.6 Å². The molecule has 2 aromatic carbocycles. The van der Waals surface area contributed by atoms with Gasteiger partial charge in [0.15, 0.2) is 11.6 Å². The number of esters is 1. The smallest absolute Gasteiger partial charge is 0.336 e. The maximum absolute atomic E-state index is 13.7. The van der Waals surface area contributed by atoms with Gasteiger partial charge in [-0.15, -0.1) is 0 Å². The van der Waals surface area contributed by atoms with Gasteiger partial charge in [-0.1, -0.05) is 18.2 Å². The third kappa shape index (κ3) is 4.00. The van der Waals surface area contributed by atoms with Crippen LogP contribution in [0.5, 0.6) is 5.75 Å². The molecule has 0 atom stereocenters. The number of methoxy groups -OCH3 is 1. The van der Waals surface area contributed by atoms with Crippen LogP contribution in [0.1, 0.15) is 22.3 Å². The number of rotatable bonds is 5. The minimum atomic E-state index is -0.541. The molecule has 0 saturated carbocycles. The molecule has 0 aliphatic carbocycles. The van der Waals surface area contributed by atoms with E-state index in [0.717, 1.165) is 16.5 Å². The lowest BCUT2D eigenvalue weighted by Gasteiger charge is -2.10. The van der Waals surface area contributed by atoms with Crippen molar-refractivity contribution < 1.29 is 23.1 Å². The molecule has 5 nitrogen and oxygen atoms in total. The van der Waals surface area contributed by atoms with E-state index in [4.69, 9.17) is 13.9 Å². The Kier molecular flexibility index (Phi) is 5.26. The molecule has 3 rings (SSSR count). The molecule has 0 N–H and O–H groups in total. The zero-order chi connectivity index (χ0) is 19.6. The zero-order valence-electron chi connectivity index (χ0n) is 15.3. The van der Waals surface area contributed by atoms with Crippen molar-refractivity contribution in [2.75, 3.05) is 7.11 Å². The number of fused-ring (bicyclic) bond motifs is 1. The normalized spacial score (nSPS) is 10.8. The van der Waals surface area contributed by atoms with Crippen molar-refractivity contribution in [1.29, 1.82) is 0 Å². The van der Waals surface area contributed by atoms with Crippen LogP contribution in [-0.4, -0.2) is 13.1 Å². The maximum atomic E-state index is 13.7. The standard InChI is InChI=1S/C21H19FO5/c1-12-4-6-16-15(10-20(24)27-21(16)13(12)2)11-26-19(23)9-14-5-7-18(25-3)17(22)8-14/h4-8,10H,9,11H2,1-3H3. The molecule has 0 saturated heterocycles. The van der Waals surface area contributed by atoms with Gasteiger partial charge in [0, 0.05) is 17.0 Å². The summed E-state index contributed by atoms with van der Waals surface area (Å²) >= 11 is 0. The molecule has 0 unspecified atom stereocenters. The van der Waals surface area contributed by atoms with Crippen LogP contribution in [0.2, 0.25) is 0 Å². The second-order valence-corrected chi connectivity index (χ2v) is 6.28. The van der Waals surface area contributed by atoms with Crippen LogP contribution in [0.25, 0.3) is 11.0 Å². The molecule has 0 aliphatic rings. The fourth-order valence-electron chi connectivity index (χ4n) is 2.84. The lowest BCUT2D eigenvalue weighted by molar-refractivity contribution is -0.144. The molecular formula is C21H19FO5. The summed E-state index contributed by atoms with van der Waals surface area (Å²) in [6.45, 7) is 3.73. The van der Waals surface area contributed by atoms with Crippen molar-refractivity contribution in [2.24, 2.45) is 0 Å². The average Bonchev–Trinajstić information content (AvgIpc) is 2.63. The maximum Gasteiger partial charge on any atom is 0.336 e. The van der Waals surface area contributed by atoms with Crippen molar-refractivity contribution in [3.8, 4) is 5.75 Å². The van der Waals surface area contributed by atoms with Gasteiger partial charge in [0.05, 0.1) is 13.5 Å². The molecule has 0 fully saturated rings. The van der Waals surface area contributed by atoms with Crippen molar-refractivity contribution >= 4 is 16.9 Å². The molecule has 1 aromatic heterocycles. The van der Waals surface area contributed by atoms with E-state index >= 15 is 0 Å². The summed E-state index contributed by atoms with van der Waals surface area (Å²) in [4.78, 5) is 24.0. The monoisotopic (exact) mass is 370 g/mol. The van der Waals surface area contributed by atoms with Crippen molar-refractivity contribution in [3.63, 3.8) is 0 Å². The molecule has 3 aromatic rings. The predicted octanol–water partition coefficient (Wildman–Crippen LogP) is 3.84. The number of ether oxygens (including phenoxy) is 2. The highest BCUT2D eigenvalue weighted by Gasteiger charge is 2.13. The highest BCUT2D eigenvalue weighted by atomic mass is 19.1. The van der Waals surface area contributed by atoms with E-state index in [9.17, 15) is 14.0 Å². The third-order valence-electron chi connectivity index (χ3n) is 4.47. The van der Waals surface area contributed by atoms with Crippen LogP contribution in [0.15, 0.2) is 45.6 Å². The Balaban J connectivity index is 1.77. The zero-order valence-corrected chi connectivity index (χ0v) is 15.3. The number of halogens is 1. The first-order chi connectivity index (χ1) is 12.9. The number of hydrogen-bond acceptors (Lipinski definition) is 5. The molecule has 0 aliphatic heterocycles. The topological polar surface area (TPSA) is 65.7 Å². The van der Waals surface area contributed by atoms with Gasteiger partial charge in [-0.05, 0) is 42.7 Å². The van der Waals surface area contributed by atoms with Gasteiger partial charge in [-0.2, -0.15) is 0 Å². The number of hydrogen-bond donors (Lipinski definition) is 0. The summed E-state index contributed by atoms with van der Waals surface area (Å²) in [5, 5.41) is 0.723. The minimum absolute atomic E-state index is 0.0674. The quantitative estimate of drug-likeness (QED) is 0.504. The molecule has 0 amide bonds. The van der Waals surface area contributed by atoms with Gasteiger partial charge < -0.3 is 13.9 Å². The first-order valence-corrected chi connectivity index (χ1v) is 8.40. The Morgan fingerprint density at radius 2 is 1.93 bits per heavy atom. The first-order valence-electron chi connectivity index (χ1n) is 8.40. The van der Waals surface area contributed by atoms with Gasteiger partial charge in [-0.3, -0.25) is 4.79 Å². The van der Waals surface area contributed by atoms with Crippen LogP contribution < -0.4 is 10.4 Å². The second-order valence-electron chi connectivity index (χ2n) is 6.28. The van der Waals surface area contributed by atoms with E-state index < -0.39 is 17.4 Å². The molecule has 27 heavy (non-hydrogen) atoms. The van der Waals surface area contributed by atoms with E-state index in [-0.39, 0.29) is 18.8 Å². The van der Waals surface area contributed by atoms with Gasteiger partial charge in [0.2, 0.25) is 0 Å². The Hall–Kier alpha value is -3.15. The van der Waals surface area contributed by atoms with E-state index in [1.165, 1.54) is 25.3 Å². The number of benzene rings is 2. The van der Waals surface area contributed by atoms with Crippen LogP contribution in [0, 0.1) is 19.7 Å². The van der Waals surface area contributed by atoms with Gasteiger partial charge in [0.25, 0.3) is 0 Å². The molecule has 0 bridgehead atoms. The van der Waals surface area contributed by atoms with E-state index in [2.05, 4.69) is 0 Å². The molecule has 0 radical (unpaired) electrons. The lowest BCUT2D eigenvalue weighted by atomic mass is 10.0. The summed E-state index contributed by atoms with van der Waals surface area (Å²) in [7, 11) is 1.37. The molecule has 0 spiro atoms. The van der Waals surface area contributed by atoms with Crippen molar-refractivity contribution in [1.82, 2.24) is 0 Å². The lowest BCUT2D eigenvalue weighted by Crippen LogP contribution is -2.10. The number of carbonyl (C=O) groups is 1. The van der Waals surface area contributed by atoms with Crippen LogP contribution >= 0.6 is 0 Å². The largest absolute Gasteiger partial charge is 0.494 e. The van der Waals surface area contributed by atoms with Crippen LogP contribution in [0.3, 0.4) is 0 Å².